The minimum absolute atomic E-state index is 0.00842. The van der Waals surface area contributed by atoms with Gasteiger partial charge in [-0.25, -0.2) is 0 Å². The molecule has 0 radical (unpaired) electrons. The summed E-state index contributed by atoms with van der Waals surface area (Å²) in [4.78, 5) is 22.7. The van der Waals surface area contributed by atoms with Gasteiger partial charge in [0, 0.05) is 38.1 Å². The van der Waals surface area contributed by atoms with E-state index in [9.17, 15) is 14.9 Å². The molecule has 1 saturated heterocycles. The first-order valence-electron chi connectivity index (χ1n) is 6.46. The lowest BCUT2D eigenvalue weighted by molar-refractivity contribution is -0.385. The highest BCUT2D eigenvalue weighted by atomic mass is 16.6. The molecule has 1 aliphatic rings. The van der Waals surface area contributed by atoms with E-state index in [1.54, 1.807) is 13.1 Å². The zero-order valence-corrected chi connectivity index (χ0v) is 11.2. The molecule has 2 rings (SSSR count). The fourth-order valence-corrected chi connectivity index (χ4v) is 2.14. The quantitative estimate of drug-likeness (QED) is 0.644. The third-order valence-electron chi connectivity index (χ3n) is 3.28. The zero-order valence-electron chi connectivity index (χ0n) is 11.2. The molecule has 0 unspecified atom stereocenters. The van der Waals surface area contributed by atoms with Crippen molar-refractivity contribution in [3.8, 4) is 0 Å². The van der Waals surface area contributed by atoms with E-state index in [0.29, 0.717) is 18.9 Å². The van der Waals surface area contributed by atoms with Gasteiger partial charge in [0.15, 0.2) is 0 Å². The van der Waals surface area contributed by atoms with Crippen LogP contribution < -0.4 is 10.6 Å². The molecule has 0 aromatic heterocycles. The molecule has 0 bridgehead atoms. The molecule has 1 amide bonds. The van der Waals surface area contributed by atoms with Gasteiger partial charge in [-0.3, -0.25) is 14.9 Å². The highest BCUT2D eigenvalue weighted by Gasteiger charge is 2.23. The van der Waals surface area contributed by atoms with Gasteiger partial charge in [-0.15, -0.1) is 0 Å². The molecule has 1 fully saturated rings. The molecule has 108 valence electrons. The molecule has 1 heterocycles. The Bertz CT molecular complexity index is 512. The number of benzene rings is 1. The standard InChI is InChI=1S/C13H17N3O4/c1-14-10-2-3-12(16(18)19)11(8-10)13(17)15-9-4-6-20-7-5-9/h2-3,8-9,14H,4-7H2,1H3,(H,15,17). The van der Waals surface area contributed by atoms with Crippen LogP contribution >= 0.6 is 0 Å². The van der Waals surface area contributed by atoms with E-state index in [1.165, 1.54) is 12.1 Å². The average Bonchev–Trinajstić information content (AvgIpc) is 2.47. The number of amides is 1. The molecule has 1 aliphatic heterocycles. The molecular formula is C13H17N3O4. The number of carbonyl (C=O) groups is 1. The predicted molar refractivity (Wildman–Crippen MR) is 74.0 cm³/mol. The van der Waals surface area contributed by atoms with Crippen LogP contribution in [0.5, 0.6) is 0 Å². The van der Waals surface area contributed by atoms with Crippen molar-refractivity contribution in [1.29, 1.82) is 0 Å². The third kappa shape index (κ3) is 3.24. The number of nitro benzene ring substituents is 1. The maximum absolute atomic E-state index is 12.2. The van der Waals surface area contributed by atoms with Gasteiger partial charge in [0.05, 0.1) is 4.92 Å². The van der Waals surface area contributed by atoms with E-state index in [-0.39, 0.29) is 17.3 Å². The number of hydrogen-bond donors (Lipinski definition) is 2. The smallest absolute Gasteiger partial charge is 0.282 e. The molecule has 0 atom stereocenters. The normalized spacial score (nSPS) is 15.7. The van der Waals surface area contributed by atoms with Crippen molar-refractivity contribution in [2.75, 3.05) is 25.6 Å². The molecule has 0 aliphatic carbocycles. The zero-order chi connectivity index (χ0) is 14.5. The summed E-state index contributed by atoms with van der Waals surface area (Å²) in [5.41, 5.74) is 0.551. The summed E-state index contributed by atoms with van der Waals surface area (Å²) in [5.74, 6) is -0.416. The largest absolute Gasteiger partial charge is 0.388 e. The summed E-state index contributed by atoms with van der Waals surface area (Å²) >= 11 is 0. The Hall–Kier alpha value is -2.15. The third-order valence-corrected chi connectivity index (χ3v) is 3.28. The Morgan fingerprint density at radius 2 is 2.10 bits per heavy atom. The Morgan fingerprint density at radius 1 is 1.40 bits per heavy atom. The monoisotopic (exact) mass is 279 g/mol. The van der Waals surface area contributed by atoms with E-state index in [0.717, 1.165) is 12.8 Å². The summed E-state index contributed by atoms with van der Waals surface area (Å²) in [6.07, 6.45) is 1.45. The fourth-order valence-electron chi connectivity index (χ4n) is 2.14. The van der Waals surface area contributed by atoms with Crippen LogP contribution in [0.15, 0.2) is 18.2 Å². The first-order valence-corrected chi connectivity index (χ1v) is 6.46. The minimum atomic E-state index is -0.543. The maximum Gasteiger partial charge on any atom is 0.282 e. The van der Waals surface area contributed by atoms with Crippen molar-refractivity contribution in [2.24, 2.45) is 0 Å². The van der Waals surface area contributed by atoms with E-state index in [2.05, 4.69) is 10.6 Å². The van der Waals surface area contributed by atoms with Crippen LogP contribution in [-0.2, 0) is 4.74 Å². The van der Waals surface area contributed by atoms with Crippen molar-refractivity contribution < 1.29 is 14.5 Å². The van der Waals surface area contributed by atoms with Crippen molar-refractivity contribution >= 4 is 17.3 Å². The molecular weight excluding hydrogens is 262 g/mol. The van der Waals surface area contributed by atoms with Crippen LogP contribution in [-0.4, -0.2) is 37.1 Å². The molecule has 7 nitrogen and oxygen atoms in total. The number of hydrogen-bond acceptors (Lipinski definition) is 5. The summed E-state index contributed by atoms with van der Waals surface area (Å²) in [5, 5.41) is 16.7. The number of nitro groups is 1. The van der Waals surface area contributed by atoms with Gasteiger partial charge in [-0.05, 0) is 25.0 Å². The Labute approximate surface area is 116 Å². The lowest BCUT2D eigenvalue weighted by Gasteiger charge is -2.23. The summed E-state index contributed by atoms with van der Waals surface area (Å²) < 4.78 is 5.22. The second-order valence-corrected chi connectivity index (χ2v) is 4.60. The first kappa shape index (κ1) is 14.3. The number of nitrogens with one attached hydrogen (secondary N) is 2. The fraction of sp³-hybridized carbons (Fsp3) is 0.462. The van der Waals surface area contributed by atoms with Gasteiger partial charge in [0.2, 0.25) is 0 Å². The summed E-state index contributed by atoms with van der Waals surface area (Å²) in [6.45, 7) is 1.20. The number of rotatable bonds is 4. The Morgan fingerprint density at radius 3 is 2.70 bits per heavy atom. The van der Waals surface area contributed by atoms with Crippen LogP contribution in [0.25, 0.3) is 0 Å². The highest BCUT2D eigenvalue weighted by molar-refractivity contribution is 5.99. The topological polar surface area (TPSA) is 93.5 Å². The summed E-state index contributed by atoms with van der Waals surface area (Å²) in [7, 11) is 1.70. The van der Waals surface area contributed by atoms with Gasteiger partial charge < -0.3 is 15.4 Å². The molecule has 1 aromatic carbocycles. The number of anilines is 1. The van der Waals surface area contributed by atoms with Crippen molar-refractivity contribution in [2.45, 2.75) is 18.9 Å². The van der Waals surface area contributed by atoms with Crippen LogP contribution in [0, 0.1) is 10.1 Å². The first-order chi connectivity index (χ1) is 9.61. The van der Waals surface area contributed by atoms with Crippen LogP contribution in [0.3, 0.4) is 0 Å². The van der Waals surface area contributed by atoms with Crippen molar-refractivity contribution in [3.05, 3.63) is 33.9 Å². The maximum atomic E-state index is 12.2. The van der Waals surface area contributed by atoms with E-state index in [4.69, 9.17) is 4.74 Å². The van der Waals surface area contributed by atoms with Gasteiger partial charge in [-0.2, -0.15) is 0 Å². The molecule has 20 heavy (non-hydrogen) atoms. The molecule has 0 saturated carbocycles. The Balaban J connectivity index is 2.20. The van der Waals surface area contributed by atoms with E-state index >= 15 is 0 Å². The number of carbonyl (C=O) groups excluding carboxylic acids is 1. The SMILES string of the molecule is CNc1ccc([N+](=O)[O-])c(C(=O)NC2CCOCC2)c1. The van der Waals surface area contributed by atoms with Crippen LogP contribution in [0.1, 0.15) is 23.2 Å². The van der Waals surface area contributed by atoms with Gasteiger partial charge in [-0.1, -0.05) is 0 Å². The summed E-state index contributed by atoms with van der Waals surface area (Å²) in [6, 6.07) is 4.41. The lowest BCUT2D eigenvalue weighted by Crippen LogP contribution is -2.39. The predicted octanol–water partition coefficient (Wildman–Crippen LogP) is 1.55. The van der Waals surface area contributed by atoms with Crippen molar-refractivity contribution in [1.82, 2.24) is 5.32 Å². The molecule has 1 aromatic rings. The highest BCUT2D eigenvalue weighted by Crippen LogP contribution is 2.23. The number of nitrogens with zero attached hydrogens (tertiary/aromatic N) is 1. The van der Waals surface area contributed by atoms with E-state index in [1.807, 2.05) is 0 Å². The number of ether oxygens (including phenoxy) is 1. The second-order valence-electron chi connectivity index (χ2n) is 4.60. The Kier molecular flexibility index (Phi) is 4.52. The molecule has 0 spiro atoms. The van der Waals surface area contributed by atoms with Crippen LogP contribution in [0.2, 0.25) is 0 Å². The van der Waals surface area contributed by atoms with Gasteiger partial charge >= 0.3 is 0 Å². The molecule has 2 N–H and O–H groups in total. The van der Waals surface area contributed by atoms with E-state index < -0.39 is 10.8 Å². The lowest BCUT2D eigenvalue weighted by atomic mass is 10.1. The van der Waals surface area contributed by atoms with Crippen LogP contribution in [0.4, 0.5) is 11.4 Å². The van der Waals surface area contributed by atoms with Crippen molar-refractivity contribution in [3.63, 3.8) is 0 Å². The minimum Gasteiger partial charge on any atom is -0.388 e. The second kappa shape index (κ2) is 6.33. The molecule has 7 heteroatoms. The van der Waals surface area contributed by atoms with Gasteiger partial charge in [0.25, 0.3) is 11.6 Å². The van der Waals surface area contributed by atoms with Gasteiger partial charge in [0.1, 0.15) is 5.56 Å². The average molecular weight is 279 g/mol.